The van der Waals surface area contributed by atoms with Gasteiger partial charge in [0.2, 0.25) is 5.95 Å². The maximum Gasteiger partial charge on any atom is 0.225 e. The molecule has 1 fully saturated rings. The lowest BCUT2D eigenvalue weighted by molar-refractivity contribution is 0.415. The molecule has 0 bridgehead atoms. The van der Waals surface area contributed by atoms with Crippen molar-refractivity contribution in [2.24, 2.45) is 0 Å². The standard InChI is InChI=1S/C19H22N6/c1-2-9-20-18(8-1)25-13-4-7-17(25)14-23-16-6-3-12-24(15-16)19-21-10-5-11-22-19/h1-2,4-5,7-11,13,16,23H,3,6,12,14-15H2/t16-/m0/s1. The van der Waals surface area contributed by atoms with Crippen LogP contribution >= 0.6 is 0 Å². The number of hydrogen-bond donors (Lipinski definition) is 1. The lowest BCUT2D eigenvalue weighted by Crippen LogP contribution is -2.46. The molecule has 0 spiro atoms. The highest BCUT2D eigenvalue weighted by atomic mass is 15.3. The molecule has 1 atom stereocenters. The smallest absolute Gasteiger partial charge is 0.225 e. The summed E-state index contributed by atoms with van der Waals surface area (Å²) in [5, 5.41) is 3.69. The van der Waals surface area contributed by atoms with Crippen LogP contribution in [0.15, 0.2) is 61.2 Å². The quantitative estimate of drug-likeness (QED) is 0.776. The minimum absolute atomic E-state index is 0.435. The van der Waals surface area contributed by atoms with Gasteiger partial charge in [-0.3, -0.25) is 0 Å². The zero-order chi connectivity index (χ0) is 16.9. The van der Waals surface area contributed by atoms with E-state index < -0.39 is 0 Å². The zero-order valence-corrected chi connectivity index (χ0v) is 14.1. The van der Waals surface area contributed by atoms with Crippen LogP contribution in [0, 0.1) is 0 Å². The van der Waals surface area contributed by atoms with E-state index in [0.29, 0.717) is 6.04 Å². The largest absolute Gasteiger partial charge is 0.339 e. The topological polar surface area (TPSA) is 58.9 Å². The van der Waals surface area contributed by atoms with Crippen molar-refractivity contribution in [3.63, 3.8) is 0 Å². The van der Waals surface area contributed by atoms with Crippen LogP contribution in [0.2, 0.25) is 0 Å². The summed E-state index contributed by atoms with van der Waals surface area (Å²) >= 11 is 0. The predicted molar refractivity (Wildman–Crippen MR) is 97.7 cm³/mol. The first kappa shape index (κ1) is 15.8. The van der Waals surface area contributed by atoms with Gasteiger partial charge in [-0.2, -0.15) is 0 Å². The summed E-state index contributed by atoms with van der Waals surface area (Å²) < 4.78 is 2.13. The van der Waals surface area contributed by atoms with Crippen LogP contribution in [-0.2, 0) is 6.54 Å². The molecule has 128 valence electrons. The Labute approximate surface area is 147 Å². The summed E-state index contributed by atoms with van der Waals surface area (Å²) in [5.74, 6) is 1.78. The number of aromatic nitrogens is 4. The van der Waals surface area contributed by atoms with Gasteiger partial charge in [-0.1, -0.05) is 6.07 Å². The van der Waals surface area contributed by atoms with Gasteiger partial charge in [-0.15, -0.1) is 0 Å². The van der Waals surface area contributed by atoms with Crippen molar-refractivity contribution in [1.82, 2.24) is 24.8 Å². The first-order chi connectivity index (χ1) is 12.4. The third-order valence-corrected chi connectivity index (χ3v) is 4.56. The van der Waals surface area contributed by atoms with Crippen LogP contribution in [0.4, 0.5) is 5.95 Å². The second-order valence-corrected chi connectivity index (χ2v) is 6.27. The Morgan fingerprint density at radius 1 is 1.00 bits per heavy atom. The van der Waals surface area contributed by atoms with Crippen molar-refractivity contribution in [3.8, 4) is 5.82 Å². The Bertz CT molecular complexity index is 786. The number of piperidine rings is 1. The molecule has 6 nitrogen and oxygen atoms in total. The second-order valence-electron chi connectivity index (χ2n) is 6.27. The van der Waals surface area contributed by atoms with E-state index in [1.165, 1.54) is 12.1 Å². The molecular weight excluding hydrogens is 312 g/mol. The van der Waals surface area contributed by atoms with Gasteiger partial charge in [0.1, 0.15) is 5.82 Å². The molecule has 0 amide bonds. The summed E-state index contributed by atoms with van der Waals surface area (Å²) in [6, 6.07) is 12.5. The summed E-state index contributed by atoms with van der Waals surface area (Å²) in [6.07, 6.45) is 9.82. The highest BCUT2D eigenvalue weighted by molar-refractivity contribution is 5.30. The third-order valence-electron chi connectivity index (χ3n) is 4.56. The number of anilines is 1. The van der Waals surface area contributed by atoms with Crippen molar-refractivity contribution in [2.75, 3.05) is 18.0 Å². The predicted octanol–water partition coefficient (Wildman–Crippen LogP) is 2.42. The monoisotopic (exact) mass is 334 g/mol. The van der Waals surface area contributed by atoms with E-state index in [1.54, 1.807) is 12.4 Å². The molecule has 6 heteroatoms. The molecule has 0 saturated carbocycles. The van der Waals surface area contributed by atoms with E-state index in [-0.39, 0.29) is 0 Å². The van der Waals surface area contributed by atoms with Crippen LogP contribution in [0.3, 0.4) is 0 Å². The maximum absolute atomic E-state index is 4.44. The molecule has 0 aliphatic carbocycles. The summed E-state index contributed by atoms with van der Waals surface area (Å²) in [5.41, 5.74) is 1.21. The highest BCUT2D eigenvalue weighted by Gasteiger charge is 2.21. The number of nitrogens with zero attached hydrogens (tertiary/aromatic N) is 5. The van der Waals surface area contributed by atoms with Crippen LogP contribution in [0.25, 0.3) is 5.82 Å². The molecule has 1 saturated heterocycles. The number of hydrogen-bond acceptors (Lipinski definition) is 5. The molecule has 3 aromatic heterocycles. The van der Waals surface area contributed by atoms with Crippen molar-refractivity contribution >= 4 is 5.95 Å². The van der Waals surface area contributed by atoms with E-state index in [4.69, 9.17) is 0 Å². The molecule has 3 aromatic rings. The van der Waals surface area contributed by atoms with Crippen LogP contribution in [0.5, 0.6) is 0 Å². The molecule has 0 unspecified atom stereocenters. The maximum atomic E-state index is 4.44. The highest BCUT2D eigenvalue weighted by Crippen LogP contribution is 2.16. The average Bonchev–Trinajstić information content (AvgIpc) is 3.17. The second kappa shape index (κ2) is 7.44. The third kappa shape index (κ3) is 3.69. The first-order valence-corrected chi connectivity index (χ1v) is 8.73. The van der Waals surface area contributed by atoms with Gasteiger partial charge in [0, 0.05) is 56.2 Å². The van der Waals surface area contributed by atoms with Crippen molar-refractivity contribution in [2.45, 2.75) is 25.4 Å². The van der Waals surface area contributed by atoms with Crippen LogP contribution in [-0.4, -0.2) is 38.7 Å². The molecule has 0 radical (unpaired) electrons. The summed E-state index contributed by atoms with van der Waals surface area (Å²) in [6.45, 7) is 2.78. The Balaban J connectivity index is 1.40. The summed E-state index contributed by atoms with van der Waals surface area (Å²) in [4.78, 5) is 15.5. The van der Waals surface area contributed by atoms with Crippen LogP contribution in [0.1, 0.15) is 18.5 Å². The van der Waals surface area contributed by atoms with Crippen molar-refractivity contribution < 1.29 is 0 Å². The number of rotatable bonds is 5. The van der Waals surface area contributed by atoms with Gasteiger partial charge >= 0.3 is 0 Å². The van der Waals surface area contributed by atoms with E-state index >= 15 is 0 Å². The van der Waals surface area contributed by atoms with E-state index in [2.05, 4.69) is 48.1 Å². The SMILES string of the molecule is c1ccc(-n2cccc2CN[C@H]2CCCN(c3ncccn3)C2)nc1. The van der Waals surface area contributed by atoms with Gasteiger partial charge in [0.05, 0.1) is 0 Å². The van der Waals surface area contributed by atoms with E-state index in [9.17, 15) is 0 Å². The van der Waals surface area contributed by atoms with Gasteiger partial charge in [0.25, 0.3) is 0 Å². The number of pyridine rings is 1. The van der Waals surface area contributed by atoms with Gasteiger partial charge in [-0.05, 0) is 43.2 Å². The normalized spacial score (nSPS) is 17.6. The molecule has 4 rings (SSSR count). The van der Waals surface area contributed by atoms with Crippen LogP contribution < -0.4 is 10.2 Å². The van der Waals surface area contributed by atoms with E-state index in [1.807, 2.05) is 30.5 Å². The Morgan fingerprint density at radius 2 is 1.88 bits per heavy atom. The average molecular weight is 334 g/mol. The Hall–Kier alpha value is -2.73. The fraction of sp³-hybridized carbons (Fsp3) is 0.316. The molecule has 1 aliphatic heterocycles. The molecule has 25 heavy (non-hydrogen) atoms. The minimum Gasteiger partial charge on any atom is -0.339 e. The van der Waals surface area contributed by atoms with Crippen molar-refractivity contribution in [3.05, 3.63) is 66.9 Å². The van der Waals surface area contributed by atoms with Gasteiger partial charge in [-0.25, -0.2) is 15.0 Å². The molecule has 1 aliphatic rings. The first-order valence-electron chi connectivity index (χ1n) is 8.73. The lowest BCUT2D eigenvalue weighted by atomic mass is 10.1. The number of nitrogens with one attached hydrogen (secondary N) is 1. The van der Waals surface area contributed by atoms with Gasteiger partial charge < -0.3 is 14.8 Å². The molecule has 4 heterocycles. The van der Waals surface area contributed by atoms with Gasteiger partial charge in [0.15, 0.2) is 0 Å². The Morgan fingerprint density at radius 3 is 2.72 bits per heavy atom. The fourth-order valence-corrected chi connectivity index (χ4v) is 3.31. The minimum atomic E-state index is 0.435. The fourth-order valence-electron chi connectivity index (χ4n) is 3.31. The molecule has 0 aromatic carbocycles. The molecule has 1 N–H and O–H groups in total. The Kier molecular flexibility index (Phi) is 4.70. The molecular formula is C19H22N6. The lowest BCUT2D eigenvalue weighted by Gasteiger charge is -2.33. The summed E-state index contributed by atoms with van der Waals surface area (Å²) in [7, 11) is 0. The van der Waals surface area contributed by atoms with Crippen molar-refractivity contribution in [1.29, 1.82) is 0 Å². The van der Waals surface area contributed by atoms with E-state index in [0.717, 1.165) is 37.8 Å². The zero-order valence-electron chi connectivity index (χ0n) is 14.1.